The number of hydrogen-bond donors (Lipinski definition) is 2. The first-order chi connectivity index (χ1) is 16.8. The molecule has 0 radical (unpaired) electrons. The number of aromatic amines is 1. The largest absolute Gasteiger partial charge is 0.361 e. The lowest BCUT2D eigenvalue weighted by molar-refractivity contribution is -0.139. The molecule has 1 atom stereocenters. The van der Waals surface area contributed by atoms with Crippen molar-refractivity contribution in [1.29, 1.82) is 0 Å². The van der Waals surface area contributed by atoms with Crippen LogP contribution in [0.15, 0.2) is 59.6 Å². The van der Waals surface area contributed by atoms with Crippen molar-refractivity contribution in [1.82, 2.24) is 9.88 Å². The third kappa shape index (κ3) is 5.34. The number of benzene rings is 2. The van der Waals surface area contributed by atoms with Crippen LogP contribution in [0.1, 0.15) is 39.2 Å². The van der Waals surface area contributed by atoms with Gasteiger partial charge in [0.15, 0.2) is 0 Å². The fourth-order valence-electron chi connectivity index (χ4n) is 4.50. The van der Waals surface area contributed by atoms with Gasteiger partial charge < -0.3 is 9.88 Å². The first-order valence-corrected chi connectivity index (χ1v) is 13.2. The average Bonchev–Trinajstić information content (AvgIpc) is 3.33. The molecule has 3 N–H and O–H groups in total. The predicted molar refractivity (Wildman–Crippen MR) is 137 cm³/mol. The number of fused-ring (bicyclic) bond motifs is 1. The van der Waals surface area contributed by atoms with Crippen LogP contribution in [-0.2, 0) is 30.8 Å². The summed E-state index contributed by atoms with van der Waals surface area (Å²) in [6, 6.07) is 12.1. The van der Waals surface area contributed by atoms with Gasteiger partial charge in [-0.05, 0) is 47.7 Å². The van der Waals surface area contributed by atoms with E-state index in [2.05, 4.69) is 4.98 Å². The fourth-order valence-corrected chi connectivity index (χ4v) is 5.02. The van der Waals surface area contributed by atoms with Crippen molar-refractivity contribution >= 4 is 44.3 Å². The third-order valence-electron chi connectivity index (χ3n) is 6.22. The number of aromatic nitrogens is 1. The van der Waals surface area contributed by atoms with E-state index in [0.717, 1.165) is 21.4 Å². The van der Waals surface area contributed by atoms with Crippen LogP contribution in [0.4, 0.5) is 5.69 Å². The Morgan fingerprint density at radius 1 is 1.11 bits per heavy atom. The molecule has 0 saturated carbocycles. The minimum atomic E-state index is -3.91. The molecule has 9 nitrogen and oxygen atoms in total. The molecule has 10 heteroatoms. The number of carbonyl (C=O) groups is 3. The number of H-pyrrole nitrogens is 1. The molecule has 3 amide bonds. The smallest absolute Gasteiger partial charge is 0.257 e. The molecule has 0 aliphatic carbocycles. The summed E-state index contributed by atoms with van der Waals surface area (Å²) >= 11 is 0. The Bertz CT molecular complexity index is 1420. The summed E-state index contributed by atoms with van der Waals surface area (Å²) in [6.45, 7) is 6.12. The van der Waals surface area contributed by atoms with Crippen LogP contribution in [0, 0.1) is 5.41 Å². The second-order valence-corrected chi connectivity index (χ2v) is 11.8. The van der Waals surface area contributed by atoms with E-state index < -0.39 is 27.9 Å². The molecular formula is C26H30N4O5S. The number of amides is 3. The molecular weight excluding hydrogens is 480 g/mol. The summed E-state index contributed by atoms with van der Waals surface area (Å²) in [5.41, 5.74) is 1.94. The van der Waals surface area contributed by atoms with Crippen LogP contribution < -0.4 is 10.0 Å². The molecule has 0 spiro atoms. The molecule has 2 heterocycles. The molecule has 1 fully saturated rings. The SMILES string of the molecule is CC(C)(C)CC(=O)N(CCc1c[nH]c2ccccc12)C1CC(=O)N(c2ccc(S(N)(=O)=O)cc2)C1=O. The summed E-state index contributed by atoms with van der Waals surface area (Å²) in [7, 11) is -3.91. The molecule has 36 heavy (non-hydrogen) atoms. The number of nitrogens with one attached hydrogen (secondary N) is 1. The normalized spacial score (nSPS) is 16.7. The molecule has 2 aromatic carbocycles. The van der Waals surface area contributed by atoms with Crippen molar-refractivity contribution in [2.75, 3.05) is 11.4 Å². The number of para-hydroxylation sites is 1. The van der Waals surface area contributed by atoms with E-state index in [1.54, 1.807) is 0 Å². The Morgan fingerprint density at radius 2 is 1.78 bits per heavy atom. The maximum Gasteiger partial charge on any atom is 0.257 e. The van der Waals surface area contributed by atoms with Gasteiger partial charge in [-0.3, -0.25) is 14.4 Å². The van der Waals surface area contributed by atoms with Gasteiger partial charge in [-0.2, -0.15) is 0 Å². The summed E-state index contributed by atoms with van der Waals surface area (Å²) in [5.74, 6) is -1.15. The fraction of sp³-hybridized carbons (Fsp3) is 0.346. The number of anilines is 1. The van der Waals surface area contributed by atoms with Crippen LogP contribution in [0.2, 0.25) is 0 Å². The second kappa shape index (κ2) is 9.51. The van der Waals surface area contributed by atoms with Crippen LogP contribution in [-0.4, -0.2) is 48.6 Å². The number of nitrogens with zero attached hydrogens (tertiary/aromatic N) is 2. The maximum atomic E-state index is 13.4. The molecule has 1 aromatic heterocycles. The molecule has 4 rings (SSSR count). The highest BCUT2D eigenvalue weighted by molar-refractivity contribution is 7.89. The molecule has 190 valence electrons. The molecule has 1 aliphatic rings. The monoisotopic (exact) mass is 510 g/mol. The van der Waals surface area contributed by atoms with Crippen molar-refractivity contribution < 1.29 is 22.8 Å². The quantitative estimate of drug-likeness (QED) is 0.472. The van der Waals surface area contributed by atoms with E-state index in [-0.39, 0.29) is 41.3 Å². The van der Waals surface area contributed by atoms with Gasteiger partial charge in [-0.25, -0.2) is 18.5 Å². The maximum absolute atomic E-state index is 13.4. The summed E-state index contributed by atoms with van der Waals surface area (Å²) in [5, 5.41) is 6.19. The summed E-state index contributed by atoms with van der Waals surface area (Å²) < 4.78 is 23.1. The number of hydrogen-bond acceptors (Lipinski definition) is 5. The van der Waals surface area contributed by atoms with E-state index in [4.69, 9.17) is 5.14 Å². The van der Waals surface area contributed by atoms with Crippen molar-refractivity contribution in [2.45, 2.75) is 51.0 Å². The van der Waals surface area contributed by atoms with Gasteiger partial charge in [0.05, 0.1) is 17.0 Å². The third-order valence-corrected chi connectivity index (χ3v) is 7.15. The molecule has 1 saturated heterocycles. The van der Waals surface area contributed by atoms with Crippen molar-refractivity contribution in [2.24, 2.45) is 10.6 Å². The zero-order valence-corrected chi connectivity index (χ0v) is 21.3. The summed E-state index contributed by atoms with van der Waals surface area (Å²) in [4.78, 5) is 45.4. The average molecular weight is 511 g/mol. The molecule has 1 aliphatic heterocycles. The standard InChI is InChI=1S/C26H30N4O5S/c1-26(2,3)15-24(32)29(13-12-17-16-28-21-7-5-4-6-20(17)21)22-14-23(31)30(25(22)33)18-8-10-19(11-9-18)36(27,34)35/h4-11,16,22,28H,12-15H2,1-3H3,(H2,27,34,35). The lowest BCUT2D eigenvalue weighted by Crippen LogP contribution is -2.47. The van der Waals surface area contributed by atoms with Crippen molar-refractivity contribution in [3.63, 3.8) is 0 Å². The molecule has 0 bridgehead atoms. The van der Waals surface area contributed by atoms with Gasteiger partial charge in [-0.1, -0.05) is 39.0 Å². The van der Waals surface area contributed by atoms with Crippen molar-refractivity contribution in [3.05, 3.63) is 60.3 Å². The first-order valence-electron chi connectivity index (χ1n) is 11.7. The van der Waals surface area contributed by atoms with Gasteiger partial charge in [0.25, 0.3) is 5.91 Å². The number of imide groups is 1. The molecule has 3 aromatic rings. The van der Waals surface area contributed by atoms with Gasteiger partial charge in [-0.15, -0.1) is 0 Å². The van der Waals surface area contributed by atoms with Gasteiger partial charge in [0, 0.05) is 30.1 Å². The Balaban J connectivity index is 1.60. The van der Waals surface area contributed by atoms with Gasteiger partial charge >= 0.3 is 0 Å². The number of sulfonamides is 1. The highest BCUT2D eigenvalue weighted by atomic mass is 32.2. The Labute approximate surface area is 210 Å². The van der Waals surface area contributed by atoms with Crippen LogP contribution >= 0.6 is 0 Å². The topological polar surface area (TPSA) is 134 Å². The second-order valence-electron chi connectivity index (χ2n) is 10.3. The minimum absolute atomic E-state index is 0.123. The number of primary sulfonamides is 1. The molecule has 1 unspecified atom stereocenters. The lowest BCUT2D eigenvalue weighted by Gasteiger charge is -2.30. The van der Waals surface area contributed by atoms with Crippen LogP contribution in [0.5, 0.6) is 0 Å². The van der Waals surface area contributed by atoms with E-state index in [0.29, 0.717) is 6.42 Å². The van der Waals surface area contributed by atoms with Crippen molar-refractivity contribution in [3.8, 4) is 0 Å². The van der Waals surface area contributed by atoms with Crippen LogP contribution in [0.25, 0.3) is 10.9 Å². The van der Waals surface area contributed by atoms with E-state index in [1.807, 2.05) is 51.2 Å². The zero-order chi connectivity index (χ0) is 26.3. The van der Waals surface area contributed by atoms with Crippen LogP contribution in [0.3, 0.4) is 0 Å². The number of carbonyl (C=O) groups excluding carboxylic acids is 3. The summed E-state index contributed by atoms with van der Waals surface area (Å²) in [6.07, 6.45) is 2.50. The number of nitrogens with two attached hydrogens (primary N) is 1. The van der Waals surface area contributed by atoms with E-state index in [1.165, 1.54) is 29.2 Å². The highest BCUT2D eigenvalue weighted by Gasteiger charge is 2.44. The Hall–Kier alpha value is -3.50. The van der Waals surface area contributed by atoms with Gasteiger partial charge in [0.1, 0.15) is 6.04 Å². The van der Waals surface area contributed by atoms with Gasteiger partial charge in [0.2, 0.25) is 21.8 Å². The zero-order valence-electron chi connectivity index (χ0n) is 20.5. The minimum Gasteiger partial charge on any atom is -0.361 e. The highest BCUT2D eigenvalue weighted by Crippen LogP contribution is 2.29. The Kier molecular flexibility index (Phi) is 6.76. The lowest BCUT2D eigenvalue weighted by atomic mass is 9.91. The first kappa shape index (κ1) is 25.6. The van der Waals surface area contributed by atoms with E-state index in [9.17, 15) is 22.8 Å². The Morgan fingerprint density at radius 3 is 2.42 bits per heavy atom. The van der Waals surface area contributed by atoms with E-state index >= 15 is 0 Å². The number of rotatable bonds is 7. The predicted octanol–water partition coefficient (Wildman–Crippen LogP) is 2.95.